The van der Waals surface area contributed by atoms with Gasteiger partial charge in [0.15, 0.2) is 0 Å². The van der Waals surface area contributed by atoms with Crippen LogP contribution in [-0.4, -0.2) is 46.0 Å². The fourth-order valence-electron chi connectivity index (χ4n) is 4.79. The van der Waals surface area contributed by atoms with E-state index in [0.29, 0.717) is 5.56 Å². The average Bonchev–Trinajstić information content (AvgIpc) is 2.94. The lowest BCUT2D eigenvalue weighted by molar-refractivity contribution is 0.0738. The van der Waals surface area contributed by atoms with Crippen LogP contribution in [0.25, 0.3) is 0 Å². The maximum atomic E-state index is 13.2. The van der Waals surface area contributed by atoms with Crippen LogP contribution in [0.4, 0.5) is 4.39 Å². The molecule has 2 aromatic carbocycles. The van der Waals surface area contributed by atoms with Gasteiger partial charge in [0.1, 0.15) is 11.6 Å². The van der Waals surface area contributed by atoms with Gasteiger partial charge < -0.3 is 10.0 Å². The van der Waals surface area contributed by atoms with Gasteiger partial charge in [-0.15, -0.1) is 0 Å². The summed E-state index contributed by atoms with van der Waals surface area (Å²) in [6.07, 6.45) is 5.39. The molecule has 0 aromatic heterocycles. The normalized spacial score (nSPS) is 23.1. The first-order valence-corrected chi connectivity index (χ1v) is 10.1. The zero-order valence-electron chi connectivity index (χ0n) is 16.1. The lowest BCUT2D eigenvalue weighted by atomic mass is 9.87. The largest absolute Gasteiger partial charge is 0.508 e. The molecule has 148 valence electrons. The third-order valence-corrected chi connectivity index (χ3v) is 6.35. The molecule has 2 aliphatic heterocycles. The molecule has 2 heterocycles. The van der Waals surface area contributed by atoms with E-state index in [0.717, 1.165) is 57.4 Å². The van der Waals surface area contributed by atoms with Crippen LogP contribution in [0.2, 0.25) is 0 Å². The number of benzene rings is 2. The summed E-state index contributed by atoms with van der Waals surface area (Å²) < 4.78 is 13.2. The number of halogens is 1. The minimum atomic E-state index is -0.197. The van der Waals surface area contributed by atoms with Crippen LogP contribution >= 0.6 is 0 Å². The van der Waals surface area contributed by atoms with Crippen molar-refractivity contribution >= 4 is 5.91 Å². The predicted molar refractivity (Wildman–Crippen MR) is 107 cm³/mol. The third kappa shape index (κ3) is 3.90. The van der Waals surface area contributed by atoms with E-state index in [9.17, 15) is 14.3 Å². The first-order chi connectivity index (χ1) is 13.6. The molecule has 0 radical (unpaired) electrons. The van der Waals surface area contributed by atoms with Crippen molar-refractivity contribution in [3.05, 3.63) is 65.5 Å². The summed E-state index contributed by atoms with van der Waals surface area (Å²) in [5.41, 5.74) is 1.91. The molecule has 5 heteroatoms. The molecule has 2 fully saturated rings. The van der Waals surface area contributed by atoms with Gasteiger partial charge in [0.2, 0.25) is 0 Å². The molecule has 1 atom stereocenters. The number of hydrogen-bond acceptors (Lipinski definition) is 3. The first kappa shape index (κ1) is 18.9. The minimum Gasteiger partial charge on any atom is -0.508 e. The number of phenolic OH excluding ortho intramolecular Hbond substituents is 1. The highest BCUT2D eigenvalue weighted by atomic mass is 19.1. The summed E-state index contributed by atoms with van der Waals surface area (Å²) in [6, 6.07) is 13.3. The second-order valence-electron chi connectivity index (χ2n) is 8.07. The van der Waals surface area contributed by atoms with Crippen LogP contribution in [0.3, 0.4) is 0 Å². The van der Waals surface area contributed by atoms with E-state index in [1.807, 2.05) is 17.0 Å². The van der Waals surface area contributed by atoms with Gasteiger partial charge in [-0.25, -0.2) is 4.39 Å². The van der Waals surface area contributed by atoms with Gasteiger partial charge in [0.05, 0.1) is 0 Å². The molecule has 1 N–H and O–H groups in total. The molecular formula is C23H27FN2O2. The number of nitrogens with zero attached hydrogens (tertiary/aromatic N) is 2. The molecule has 1 spiro atoms. The van der Waals surface area contributed by atoms with Crippen molar-refractivity contribution in [2.24, 2.45) is 0 Å². The summed E-state index contributed by atoms with van der Waals surface area (Å²) >= 11 is 0. The van der Waals surface area contributed by atoms with Gasteiger partial charge in [0.25, 0.3) is 5.91 Å². The Kier molecular flexibility index (Phi) is 5.36. The first-order valence-electron chi connectivity index (χ1n) is 10.1. The van der Waals surface area contributed by atoms with E-state index < -0.39 is 0 Å². The molecule has 0 bridgehead atoms. The summed E-state index contributed by atoms with van der Waals surface area (Å²) in [5, 5.41) is 9.45. The Labute approximate surface area is 165 Å². The van der Waals surface area contributed by atoms with Crippen molar-refractivity contribution < 1.29 is 14.3 Å². The number of carbonyl (C=O) groups excluding carboxylic acids is 1. The molecule has 2 aliphatic rings. The molecule has 1 amide bonds. The van der Waals surface area contributed by atoms with E-state index in [2.05, 4.69) is 4.90 Å². The Morgan fingerprint density at radius 3 is 2.32 bits per heavy atom. The number of aromatic hydroxyl groups is 1. The third-order valence-electron chi connectivity index (χ3n) is 6.35. The second-order valence-corrected chi connectivity index (χ2v) is 8.07. The van der Waals surface area contributed by atoms with E-state index in [1.165, 1.54) is 18.6 Å². The van der Waals surface area contributed by atoms with Crippen molar-refractivity contribution in [1.29, 1.82) is 0 Å². The van der Waals surface area contributed by atoms with E-state index in [1.54, 1.807) is 24.3 Å². The molecule has 2 aromatic rings. The number of rotatable bonds is 3. The summed E-state index contributed by atoms with van der Waals surface area (Å²) in [7, 11) is 0. The number of likely N-dealkylation sites (tertiary alicyclic amines) is 2. The van der Waals surface area contributed by atoms with Crippen molar-refractivity contribution in [3.8, 4) is 5.75 Å². The predicted octanol–water partition coefficient (Wildman–Crippen LogP) is 4.19. The van der Waals surface area contributed by atoms with Crippen LogP contribution in [-0.2, 0) is 6.54 Å². The zero-order chi connectivity index (χ0) is 19.6. The summed E-state index contributed by atoms with van der Waals surface area (Å²) in [4.78, 5) is 17.4. The maximum Gasteiger partial charge on any atom is 0.253 e. The van der Waals surface area contributed by atoms with Crippen LogP contribution in [0.5, 0.6) is 5.75 Å². The smallest absolute Gasteiger partial charge is 0.253 e. The van der Waals surface area contributed by atoms with Crippen molar-refractivity contribution in [2.45, 2.75) is 44.2 Å². The van der Waals surface area contributed by atoms with Crippen LogP contribution in [0.1, 0.15) is 48.0 Å². The molecular weight excluding hydrogens is 355 g/mol. The Bertz CT molecular complexity index is 822. The number of phenols is 1. The zero-order valence-corrected chi connectivity index (χ0v) is 16.1. The van der Waals surface area contributed by atoms with Gasteiger partial charge in [-0.1, -0.05) is 12.1 Å². The Morgan fingerprint density at radius 1 is 0.929 bits per heavy atom. The SMILES string of the molecule is O=C(c1ccc(O)cc1)N1CCC[C@]2(CCCN2Cc2ccc(F)cc2)CC1. The number of amides is 1. The average molecular weight is 382 g/mol. The van der Waals surface area contributed by atoms with Crippen LogP contribution in [0.15, 0.2) is 48.5 Å². The van der Waals surface area contributed by atoms with E-state index in [-0.39, 0.29) is 23.0 Å². The van der Waals surface area contributed by atoms with Crippen LogP contribution in [0, 0.1) is 5.82 Å². The van der Waals surface area contributed by atoms with Gasteiger partial charge in [-0.3, -0.25) is 9.69 Å². The van der Waals surface area contributed by atoms with Crippen molar-refractivity contribution in [3.63, 3.8) is 0 Å². The van der Waals surface area contributed by atoms with E-state index in [4.69, 9.17) is 0 Å². The highest BCUT2D eigenvalue weighted by Crippen LogP contribution is 2.39. The second kappa shape index (κ2) is 7.92. The molecule has 4 nitrogen and oxygen atoms in total. The molecule has 0 saturated carbocycles. The lowest BCUT2D eigenvalue weighted by Crippen LogP contribution is -2.44. The summed E-state index contributed by atoms with van der Waals surface area (Å²) in [6.45, 7) is 3.42. The Morgan fingerprint density at radius 2 is 1.61 bits per heavy atom. The highest BCUT2D eigenvalue weighted by Gasteiger charge is 2.42. The molecule has 0 unspecified atom stereocenters. The monoisotopic (exact) mass is 382 g/mol. The van der Waals surface area contributed by atoms with Gasteiger partial charge in [-0.05, 0) is 80.6 Å². The fourth-order valence-corrected chi connectivity index (χ4v) is 4.79. The Balaban J connectivity index is 1.45. The molecule has 28 heavy (non-hydrogen) atoms. The standard InChI is InChI=1S/C23H27FN2O2/c24-20-7-3-18(4-8-20)17-26-15-2-12-23(26)11-1-14-25(16-13-23)22(28)19-5-9-21(27)10-6-19/h3-10,27H,1-2,11-17H2/t23-/m0/s1. The van der Waals surface area contributed by atoms with Crippen LogP contribution < -0.4 is 0 Å². The quantitative estimate of drug-likeness (QED) is 0.866. The van der Waals surface area contributed by atoms with E-state index >= 15 is 0 Å². The topological polar surface area (TPSA) is 43.8 Å². The maximum absolute atomic E-state index is 13.2. The van der Waals surface area contributed by atoms with Gasteiger partial charge in [-0.2, -0.15) is 0 Å². The van der Waals surface area contributed by atoms with Crippen molar-refractivity contribution in [2.75, 3.05) is 19.6 Å². The van der Waals surface area contributed by atoms with Gasteiger partial charge in [0, 0.05) is 30.7 Å². The van der Waals surface area contributed by atoms with Gasteiger partial charge >= 0.3 is 0 Å². The molecule has 0 aliphatic carbocycles. The fraction of sp³-hybridized carbons (Fsp3) is 0.435. The molecule has 4 rings (SSSR count). The highest BCUT2D eigenvalue weighted by molar-refractivity contribution is 5.94. The van der Waals surface area contributed by atoms with Crippen molar-refractivity contribution in [1.82, 2.24) is 9.80 Å². The molecule has 2 saturated heterocycles. The minimum absolute atomic E-state index is 0.0418. The number of carbonyl (C=O) groups is 1. The lowest BCUT2D eigenvalue weighted by Gasteiger charge is -2.38. The number of hydrogen-bond donors (Lipinski definition) is 1. The Hall–Kier alpha value is -2.40. The summed E-state index contributed by atoms with van der Waals surface area (Å²) in [5.74, 6) is 0.0200.